The van der Waals surface area contributed by atoms with E-state index in [1.807, 2.05) is 11.8 Å². The zero-order valence-electron chi connectivity index (χ0n) is 11.2. The fraction of sp³-hybridized carbons (Fsp3) is 0.600. The summed E-state index contributed by atoms with van der Waals surface area (Å²) >= 11 is 1.86. The highest BCUT2D eigenvalue weighted by Crippen LogP contribution is 2.49. The summed E-state index contributed by atoms with van der Waals surface area (Å²) in [5.41, 5.74) is 2.89. The average Bonchev–Trinajstić information content (AvgIpc) is 2.26. The van der Waals surface area contributed by atoms with E-state index in [0.717, 1.165) is 23.5 Å². The molecule has 0 amide bonds. The SMILES string of the molecule is Cc1cccc(C2(O)CSCCC2(C)C)c1C. The van der Waals surface area contributed by atoms with Crippen molar-refractivity contribution in [2.45, 2.75) is 39.7 Å². The third-order valence-corrected chi connectivity index (χ3v) is 5.47. The predicted octanol–water partition coefficient (Wildman–Crippen LogP) is 3.65. The minimum atomic E-state index is -0.688. The van der Waals surface area contributed by atoms with Crippen LogP contribution in [0.4, 0.5) is 0 Å². The molecule has 1 saturated heterocycles. The van der Waals surface area contributed by atoms with E-state index < -0.39 is 5.60 Å². The van der Waals surface area contributed by atoms with Crippen molar-refractivity contribution in [1.29, 1.82) is 0 Å². The molecule has 1 aliphatic heterocycles. The summed E-state index contributed by atoms with van der Waals surface area (Å²) in [6.07, 6.45) is 1.07. The van der Waals surface area contributed by atoms with E-state index >= 15 is 0 Å². The highest BCUT2D eigenvalue weighted by Gasteiger charge is 2.47. The van der Waals surface area contributed by atoms with Crippen molar-refractivity contribution in [2.75, 3.05) is 11.5 Å². The van der Waals surface area contributed by atoms with Crippen LogP contribution in [0.1, 0.15) is 37.0 Å². The van der Waals surface area contributed by atoms with Crippen LogP contribution >= 0.6 is 11.8 Å². The van der Waals surface area contributed by atoms with Crippen molar-refractivity contribution < 1.29 is 5.11 Å². The monoisotopic (exact) mass is 250 g/mol. The van der Waals surface area contributed by atoms with Gasteiger partial charge in [-0.25, -0.2) is 0 Å². The number of aryl methyl sites for hydroxylation is 1. The normalized spacial score (nSPS) is 28.1. The van der Waals surface area contributed by atoms with Crippen LogP contribution in [0.3, 0.4) is 0 Å². The van der Waals surface area contributed by atoms with E-state index in [1.54, 1.807) is 0 Å². The lowest BCUT2D eigenvalue weighted by molar-refractivity contribution is -0.0583. The van der Waals surface area contributed by atoms with E-state index in [1.165, 1.54) is 11.1 Å². The minimum absolute atomic E-state index is 0.0448. The lowest BCUT2D eigenvalue weighted by Crippen LogP contribution is -2.47. The first-order valence-corrected chi connectivity index (χ1v) is 7.41. The molecule has 0 aliphatic carbocycles. The predicted molar refractivity (Wildman–Crippen MR) is 75.5 cm³/mol. The lowest BCUT2D eigenvalue weighted by Gasteiger charge is -2.47. The fourth-order valence-corrected chi connectivity index (χ4v) is 4.23. The smallest absolute Gasteiger partial charge is 0.104 e. The minimum Gasteiger partial charge on any atom is -0.384 e. The first-order chi connectivity index (χ1) is 7.88. The second-order valence-electron chi connectivity index (χ2n) is 5.79. The van der Waals surface area contributed by atoms with Gasteiger partial charge < -0.3 is 5.11 Å². The second-order valence-corrected chi connectivity index (χ2v) is 6.90. The van der Waals surface area contributed by atoms with Crippen LogP contribution in [0.5, 0.6) is 0 Å². The topological polar surface area (TPSA) is 20.2 Å². The van der Waals surface area contributed by atoms with Gasteiger partial charge in [0.1, 0.15) is 5.60 Å². The van der Waals surface area contributed by atoms with Gasteiger partial charge in [0, 0.05) is 5.75 Å². The Balaban J connectivity index is 2.53. The molecule has 94 valence electrons. The molecule has 1 fully saturated rings. The standard InChI is InChI=1S/C15H22OS/c1-11-6-5-7-13(12(11)2)15(16)10-17-9-8-14(15,3)4/h5-7,16H,8-10H2,1-4H3. The van der Waals surface area contributed by atoms with Gasteiger partial charge in [0.05, 0.1) is 0 Å². The van der Waals surface area contributed by atoms with E-state index in [9.17, 15) is 5.11 Å². The van der Waals surface area contributed by atoms with Crippen LogP contribution in [-0.4, -0.2) is 16.6 Å². The van der Waals surface area contributed by atoms with Crippen molar-refractivity contribution in [3.63, 3.8) is 0 Å². The number of aliphatic hydroxyl groups is 1. The molecule has 1 unspecified atom stereocenters. The number of benzene rings is 1. The Hall–Kier alpha value is -0.470. The fourth-order valence-electron chi connectivity index (χ4n) is 2.59. The summed E-state index contributed by atoms with van der Waals surface area (Å²) in [7, 11) is 0. The van der Waals surface area contributed by atoms with Crippen molar-refractivity contribution in [2.24, 2.45) is 5.41 Å². The van der Waals surface area contributed by atoms with Gasteiger partial charge in [0.15, 0.2) is 0 Å². The highest BCUT2D eigenvalue weighted by atomic mass is 32.2. The molecule has 1 N–H and O–H groups in total. The molecule has 2 heteroatoms. The van der Waals surface area contributed by atoms with Crippen LogP contribution in [-0.2, 0) is 5.60 Å². The van der Waals surface area contributed by atoms with Crippen molar-refractivity contribution in [1.82, 2.24) is 0 Å². The molecule has 0 aromatic heterocycles. The van der Waals surface area contributed by atoms with Crippen LogP contribution in [0.25, 0.3) is 0 Å². The summed E-state index contributed by atoms with van der Waals surface area (Å²) in [5, 5.41) is 11.2. The van der Waals surface area contributed by atoms with Crippen LogP contribution in [0, 0.1) is 19.3 Å². The van der Waals surface area contributed by atoms with Gasteiger partial charge in [-0.2, -0.15) is 11.8 Å². The van der Waals surface area contributed by atoms with Gasteiger partial charge in [0.25, 0.3) is 0 Å². The first kappa shape index (κ1) is 13.0. The maximum Gasteiger partial charge on any atom is 0.104 e. The van der Waals surface area contributed by atoms with Crippen LogP contribution in [0.15, 0.2) is 18.2 Å². The summed E-state index contributed by atoms with van der Waals surface area (Å²) in [5.74, 6) is 1.96. The molecule has 1 atom stereocenters. The van der Waals surface area contributed by atoms with Crippen molar-refractivity contribution in [3.8, 4) is 0 Å². The van der Waals surface area contributed by atoms with Gasteiger partial charge in [0.2, 0.25) is 0 Å². The molecule has 1 nitrogen and oxygen atoms in total. The quantitative estimate of drug-likeness (QED) is 0.821. The molecule has 1 aromatic carbocycles. The average molecular weight is 250 g/mol. The van der Waals surface area contributed by atoms with Gasteiger partial charge in [-0.05, 0) is 48.1 Å². The first-order valence-electron chi connectivity index (χ1n) is 6.25. The summed E-state index contributed by atoms with van der Waals surface area (Å²) < 4.78 is 0. The molecule has 0 bridgehead atoms. The van der Waals surface area contributed by atoms with Crippen molar-refractivity contribution >= 4 is 11.8 Å². The Kier molecular flexibility index (Phi) is 3.30. The van der Waals surface area contributed by atoms with E-state index in [-0.39, 0.29) is 5.41 Å². The van der Waals surface area contributed by atoms with E-state index in [4.69, 9.17) is 0 Å². The summed E-state index contributed by atoms with van der Waals surface area (Å²) in [4.78, 5) is 0. The van der Waals surface area contributed by atoms with Gasteiger partial charge >= 0.3 is 0 Å². The van der Waals surface area contributed by atoms with Crippen molar-refractivity contribution in [3.05, 3.63) is 34.9 Å². The van der Waals surface area contributed by atoms with Gasteiger partial charge in [-0.15, -0.1) is 0 Å². The Morgan fingerprint density at radius 3 is 2.59 bits per heavy atom. The third kappa shape index (κ3) is 2.02. The maximum atomic E-state index is 11.2. The largest absolute Gasteiger partial charge is 0.384 e. The van der Waals surface area contributed by atoms with Crippen LogP contribution in [0.2, 0.25) is 0 Å². The molecule has 1 heterocycles. The molecule has 0 saturated carbocycles. The molecule has 1 aromatic rings. The zero-order valence-corrected chi connectivity index (χ0v) is 12.0. The molecule has 0 spiro atoms. The molecule has 2 rings (SSSR count). The molecule has 17 heavy (non-hydrogen) atoms. The number of hydrogen-bond acceptors (Lipinski definition) is 2. The Labute approximate surface area is 109 Å². The summed E-state index contributed by atoms with van der Waals surface area (Å²) in [6.45, 7) is 8.62. The van der Waals surface area contributed by atoms with E-state index in [2.05, 4.69) is 45.9 Å². The zero-order chi connectivity index (χ0) is 12.7. The van der Waals surface area contributed by atoms with Gasteiger partial charge in [-0.1, -0.05) is 32.0 Å². The molecular weight excluding hydrogens is 228 g/mol. The maximum absolute atomic E-state index is 11.2. The Morgan fingerprint density at radius 2 is 1.94 bits per heavy atom. The summed E-state index contributed by atoms with van der Waals surface area (Å²) in [6, 6.07) is 6.27. The number of hydrogen-bond donors (Lipinski definition) is 1. The Bertz CT molecular complexity index is 425. The molecular formula is C15H22OS. The third-order valence-electron chi connectivity index (χ3n) is 4.35. The lowest BCUT2D eigenvalue weighted by atomic mass is 9.68. The Morgan fingerprint density at radius 1 is 1.24 bits per heavy atom. The number of thioether (sulfide) groups is 1. The molecule has 0 radical (unpaired) electrons. The molecule has 1 aliphatic rings. The van der Waals surface area contributed by atoms with Crippen LogP contribution < -0.4 is 0 Å². The van der Waals surface area contributed by atoms with Gasteiger partial charge in [-0.3, -0.25) is 0 Å². The second kappa shape index (κ2) is 4.33. The highest BCUT2D eigenvalue weighted by molar-refractivity contribution is 7.99. The van der Waals surface area contributed by atoms with E-state index in [0.29, 0.717) is 0 Å². The number of rotatable bonds is 1.